The minimum Gasteiger partial charge on any atom is -0.497 e. The zero-order valence-electron chi connectivity index (χ0n) is 10.4. The zero-order chi connectivity index (χ0) is 12.5. The number of hydrogen-bond acceptors (Lipinski definition) is 3. The van der Waals surface area contributed by atoms with Gasteiger partial charge in [0.1, 0.15) is 11.5 Å². The Bertz CT molecular complexity index is 575. The van der Waals surface area contributed by atoms with Gasteiger partial charge in [-0.1, -0.05) is 0 Å². The van der Waals surface area contributed by atoms with Crippen molar-refractivity contribution in [2.24, 2.45) is 0 Å². The van der Waals surface area contributed by atoms with Crippen LogP contribution in [0.2, 0.25) is 0 Å². The van der Waals surface area contributed by atoms with E-state index >= 15 is 0 Å². The van der Waals surface area contributed by atoms with Crippen molar-refractivity contribution in [3.8, 4) is 5.75 Å². The van der Waals surface area contributed by atoms with Crippen molar-refractivity contribution < 1.29 is 9.53 Å². The Morgan fingerprint density at radius 1 is 1.22 bits per heavy atom. The van der Waals surface area contributed by atoms with Gasteiger partial charge in [-0.3, -0.25) is 4.79 Å². The summed E-state index contributed by atoms with van der Waals surface area (Å²) in [6.45, 7) is 0. The van der Waals surface area contributed by atoms with Crippen molar-refractivity contribution in [1.82, 2.24) is 0 Å². The number of fused-ring (bicyclic) bond motifs is 1. The number of ketones is 1. The van der Waals surface area contributed by atoms with Crippen LogP contribution in [-0.4, -0.2) is 12.9 Å². The molecule has 1 aromatic heterocycles. The Kier molecular flexibility index (Phi) is 3.08. The fraction of sp³-hybridized carbons (Fsp3) is 0.400. The minimum atomic E-state index is 0.425. The first kappa shape index (κ1) is 11.7. The first-order valence-electron chi connectivity index (χ1n) is 6.35. The van der Waals surface area contributed by atoms with E-state index in [1.165, 1.54) is 15.0 Å². The third-order valence-electron chi connectivity index (χ3n) is 3.69. The molecule has 1 aliphatic carbocycles. The topological polar surface area (TPSA) is 26.3 Å². The van der Waals surface area contributed by atoms with Crippen LogP contribution < -0.4 is 4.74 Å². The van der Waals surface area contributed by atoms with Crippen molar-refractivity contribution in [1.29, 1.82) is 0 Å². The molecule has 0 aliphatic heterocycles. The fourth-order valence-electron chi connectivity index (χ4n) is 2.58. The highest BCUT2D eigenvalue weighted by atomic mass is 32.1. The molecule has 1 saturated carbocycles. The normalized spacial score (nSPS) is 17.3. The number of thiophene rings is 1. The van der Waals surface area contributed by atoms with Crippen LogP contribution in [0.25, 0.3) is 10.1 Å². The number of hydrogen-bond donors (Lipinski definition) is 0. The van der Waals surface area contributed by atoms with E-state index in [1.807, 2.05) is 17.4 Å². The molecule has 0 atom stereocenters. The van der Waals surface area contributed by atoms with Crippen LogP contribution in [0.1, 0.15) is 36.5 Å². The van der Waals surface area contributed by atoms with Crippen molar-refractivity contribution >= 4 is 27.2 Å². The van der Waals surface area contributed by atoms with Gasteiger partial charge < -0.3 is 4.74 Å². The fourth-order valence-corrected chi connectivity index (χ4v) is 3.85. The predicted octanol–water partition coefficient (Wildman–Crippen LogP) is 4.14. The first-order valence-corrected chi connectivity index (χ1v) is 7.17. The number of Topliss-reactive ketones (excluding diaryl/α,β-unsaturated/α-hetero) is 1. The van der Waals surface area contributed by atoms with Gasteiger partial charge in [-0.05, 0) is 48.4 Å². The molecule has 0 radical (unpaired) electrons. The summed E-state index contributed by atoms with van der Waals surface area (Å²) < 4.78 is 6.53. The van der Waals surface area contributed by atoms with Gasteiger partial charge in [-0.15, -0.1) is 11.3 Å². The van der Waals surface area contributed by atoms with Crippen LogP contribution in [0.4, 0.5) is 0 Å². The van der Waals surface area contributed by atoms with Crippen molar-refractivity contribution in [3.05, 3.63) is 29.1 Å². The third kappa shape index (κ3) is 2.15. The van der Waals surface area contributed by atoms with Crippen LogP contribution in [0.5, 0.6) is 5.75 Å². The predicted molar refractivity (Wildman–Crippen MR) is 74.6 cm³/mol. The summed E-state index contributed by atoms with van der Waals surface area (Å²) in [7, 11) is 1.70. The first-order chi connectivity index (χ1) is 8.76. The lowest BCUT2D eigenvalue weighted by atomic mass is 9.87. The van der Waals surface area contributed by atoms with E-state index in [9.17, 15) is 4.79 Å². The van der Waals surface area contributed by atoms with Crippen LogP contribution >= 0.6 is 11.3 Å². The van der Waals surface area contributed by atoms with E-state index in [4.69, 9.17) is 4.74 Å². The smallest absolute Gasteiger partial charge is 0.132 e. The summed E-state index contributed by atoms with van der Waals surface area (Å²) >= 11 is 1.84. The summed E-state index contributed by atoms with van der Waals surface area (Å²) in [5, 5.41) is 1.28. The molecule has 1 aromatic carbocycles. The number of rotatable bonds is 2. The van der Waals surface area contributed by atoms with Crippen molar-refractivity contribution in [2.45, 2.75) is 31.6 Å². The highest BCUT2D eigenvalue weighted by molar-refractivity contribution is 7.19. The molecule has 0 bridgehead atoms. The lowest BCUT2D eigenvalue weighted by Gasteiger charge is -2.19. The van der Waals surface area contributed by atoms with Crippen LogP contribution in [0, 0.1) is 0 Å². The molecular formula is C15H16O2S. The van der Waals surface area contributed by atoms with Gasteiger partial charge in [-0.25, -0.2) is 0 Å². The van der Waals surface area contributed by atoms with Gasteiger partial charge in [-0.2, -0.15) is 0 Å². The van der Waals surface area contributed by atoms with Crippen LogP contribution in [-0.2, 0) is 4.79 Å². The van der Waals surface area contributed by atoms with Gasteiger partial charge in [0.15, 0.2) is 0 Å². The monoisotopic (exact) mass is 260 g/mol. The summed E-state index contributed by atoms with van der Waals surface area (Å²) in [5.74, 6) is 1.91. The SMILES string of the molecule is COc1ccc2cc(C3CCC(=O)CC3)sc2c1. The summed E-state index contributed by atoms with van der Waals surface area (Å²) in [6, 6.07) is 8.49. The van der Waals surface area contributed by atoms with E-state index < -0.39 is 0 Å². The Hall–Kier alpha value is -1.35. The molecule has 3 rings (SSSR count). The summed E-state index contributed by atoms with van der Waals surface area (Å²) in [5.41, 5.74) is 0. The maximum atomic E-state index is 11.3. The van der Waals surface area contributed by atoms with E-state index in [-0.39, 0.29) is 0 Å². The molecule has 94 valence electrons. The molecule has 0 unspecified atom stereocenters. The second-order valence-electron chi connectivity index (χ2n) is 4.87. The van der Waals surface area contributed by atoms with Gasteiger partial charge in [0.25, 0.3) is 0 Å². The summed E-state index contributed by atoms with van der Waals surface area (Å²) in [4.78, 5) is 12.7. The maximum absolute atomic E-state index is 11.3. The van der Waals surface area contributed by atoms with Crippen LogP contribution in [0.3, 0.4) is 0 Å². The van der Waals surface area contributed by atoms with Crippen molar-refractivity contribution in [2.75, 3.05) is 7.11 Å². The van der Waals surface area contributed by atoms with Gasteiger partial charge in [0.2, 0.25) is 0 Å². The summed E-state index contributed by atoms with van der Waals surface area (Å²) in [6.07, 6.45) is 3.54. The van der Waals surface area contributed by atoms with Crippen molar-refractivity contribution in [3.63, 3.8) is 0 Å². The zero-order valence-corrected chi connectivity index (χ0v) is 11.3. The molecular weight excluding hydrogens is 244 g/mol. The highest BCUT2D eigenvalue weighted by Crippen LogP contribution is 2.38. The van der Waals surface area contributed by atoms with Gasteiger partial charge in [0.05, 0.1) is 7.11 Å². The van der Waals surface area contributed by atoms with E-state index in [1.54, 1.807) is 7.11 Å². The second kappa shape index (κ2) is 4.73. The average Bonchev–Trinajstić information content (AvgIpc) is 2.82. The molecule has 1 aliphatic rings. The van der Waals surface area contributed by atoms with E-state index in [0.717, 1.165) is 31.4 Å². The number of benzene rings is 1. The molecule has 3 heteroatoms. The molecule has 0 saturated heterocycles. The molecule has 2 nitrogen and oxygen atoms in total. The highest BCUT2D eigenvalue weighted by Gasteiger charge is 2.21. The Balaban J connectivity index is 1.90. The standard InChI is InChI=1S/C15H16O2S/c1-17-13-7-4-11-8-14(18-15(11)9-13)10-2-5-12(16)6-3-10/h4,7-10H,2-3,5-6H2,1H3. The number of ether oxygens (including phenoxy) is 1. The largest absolute Gasteiger partial charge is 0.497 e. The number of methoxy groups -OCH3 is 1. The minimum absolute atomic E-state index is 0.425. The molecule has 1 heterocycles. The van der Waals surface area contributed by atoms with Gasteiger partial charge in [0, 0.05) is 22.4 Å². The second-order valence-corrected chi connectivity index (χ2v) is 5.98. The van der Waals surface area contributed by atoms with Crippen LogP contribution in [0.15, 0.2) is 24.3 Å². The average molecular weight is 260 g/mol. The lowest BCUT2D eigenvalue weighted by Crippen LogP contribution is -2.11. The lowest BCUT2D eigenvalue weighted by molar-refractivity contribution is -0.120. The Labute approximate surface area is 111 Å². The van der Waals surface area contributed by atoms with Gasteiger partial charge >= 0.3 is 0 Å². The molecule has 0 N–H and O–H groups in total. The molecule has 18 heavy (non-hydrogen) atoms. The molecule has 0 spiro atoms. The molecule has 2 aromatic rings. The Morgan fingerprint density at radius 2 is 2.00 bits per heavy atom. The number of carbonyl (C=O) groups is 1. The third-order valence-corrected chi connectivity index (χ3v) is 4.95. The maximum Gasteiger partial charge on any atom is 0.132 e. The Morgan fingerprint density at radius 3 is 2.72 bits per heavy atom. The van der Waals surface area contributed by atoms with E-state index in [2.05, 4.69) is 18.2 Å². The molecule has 1 fully saturated rings. The molecule has 0 amide bonds. The number of carbonyl (C=O) groups excluding carboxylic acids is 1. The van der Waals surface area contributed by atoms with E-state index in [0.29, 0.717) is 11.7 Å². The quantitative estimate of drug-likeness (QED) is 0.811.